The Morgan fingerprint density at radius 1 is 1.23 bits per heavy atom. The normalized spacial score (nSPS) is 10.4. The summed E-state index contributed by atoms with van der Waals surface area (Å²) in [4.78, 5) is 20.4. The summed E-state index contributed by atoms with van der Waals surface area (Å²) in [5.74, 6) is -0.414. The molecule has 1 aromatic carbocycles. The van der Waals surface area contributed by atoms with Crippen LogP contribution in [0.4, 0.5) is 0 Å². The molecule has 0 N–H and O–H groups in total. The van der Waals surface area contributed by atoms with Crippen molar-refractivity contribution in [2.24, 2.45) is 0 Å². The number of benzene rings is 1. The molecular weight excluding hydrogens is 364 g/mol. The number of esters is 1. The fourth-order valence-electron chi connectivity index (χ4n) is 1.83. The maximum Gasteiger partial charge on any atom is 0.340 e. The highest BCUT2D eigenvalue weighted by atomic mass is 79.9. The van der Waals surface area contributed by atoms with Gasteiger partial charge in [0.1, 0.15) is 11.6 Å². The minimum Gasteiger partial charge on any atom is -0.456 e. The lowest BCUT2D eigenvalue weighted by Gasteiger charge is -2.02. The fraction of sp³-hybridized carbons (Fsp3) is 0.0625. The van der Waals surface area contributed by atoms with E-state index in [2.05, 4.69) is 25.9 Å². The van der Waals surface area contributed by atoms with Crippen molar-refractivity contribution < 1.29 is 9.53 Å². The van der Waals surface area contributed by atoms with Crippen molar-refractivity contribution in [3.8, 4) is 10.6 Å². The van der Waals surface area contributed by atoms with E-state index < -0.39 is 5.97 Å². The maximum absolute atomic E-state index is 11.9. The van der Waals surface area contributed by atoms with Crippen molar-refractivity contribution >= 4 is 33.2 Å². The van der Waals surface area contributed by atoms with Crippen LogP contribution in [0.5, 0.6) is 0 Å². The standard InChI is InChI=1S/C16H11BrN2O2S/c17-13-6-12(7-18-8-13)16(20)21-9-14-10-22-15(19-14)11-4-2-1-3-5-11/h1-8,10H,9H2. The molecule has 0 saturated carbocycles. The van der Waals surface area contributed by atoms with Crippen LogP contribution in [0.25, 0.3) is 10.6 Å². The SMILES string of the molecule is O=C(OCc1csc(-c2ccccc2)n1)c1cncc(Br)c1. The zero-order valence-corrected chi connectivity index (χ0v) is 13.8. The number of hydrogen-bond donors (Lipinski definition) is 0. The molecule has 22 heavy (non-hydrogen) atoms. The largest absolute Gasteiger partial charge is 0.456 e. The number of pyridine rings is 1. The summed E-state index contributed by atoms with van der Waals surface area (Å²) in [6.45, 7) is 0.148. The number of carbonyl (C=O) groups excluding carboxylic acids is 1. The van der Waals surface area contributed by atoms with Gasteiger partial charge in [-0.15, -0.1) is 11.3 Å². The Bertz CT molecular complexity index is 790. The average Bonchev–Trinajstić information content (AvgIpc) is 3.02. The monoisotopic (exact) mass is 374 g/mol. The van der Waals surface area contributed by atoms with Gasteiger partial charge in [-0.05, 0) is 22.0 Å². The van der Waals surface area contributed by atoms with Crippen molar-refractivity contribution in [2.45, 2.75) is 6.61 Å². The number of carbonyl (C=O) groups is 1. The number of thiazole rings is 1. The van der Waals surface area contributed by atoms with Crippen molar-refractivity contribution in [1.82, 2.24) is 9.97 Å². The molecular formula is C16H11BrN2O2S. The Morgan fingerprint density at radius 2 is 2.05 bits per heavy atom. The van der Waals surface area contributed by atoms with Gasteiger partial charge in [0, 0.05) is 27.8 Å². The fourth-order valence-corrected chi connectivity index (χ4v) is 3.01. The molecule has 0 fully saturated rings. The van der Waals surface area contributed by atoms with Crippen LogP contribution in [-0.2, 0) is 11.3 Å². The van der Waals surface area contributed by atoms with Gasteiger partial charge in [0.05, 0.1) is 11.3 Å². The van der Waals surface area contributed by atoms with E-state index in [1.54, 1.807) is 12.3 Å². The van der Waals surface area contributed by atoms with Crippen molar-refractivity contribution in [1.29, 1.82) is 0 Å². The van der Waals surface area contributed by atoms with Crippen LogP contribution in [0.15, 0.2) is 58.6 Å². The molecule has 0 radical (unpaired) electrons. The van der Waals surface area contributed by atoms with E-state index in [4.69, 9.17) is 4.74 Å². The smallest absolute Gasteiger partial charge is 0.340 e. The molecule has 3 aromatic rings. The van der Waals surface area contributed by atoms with Crippen LogP contribution in [0, 0.1) is 0 Å². The zero-order chi connectivity index (χ0) is 15.4. The summed E-state index contributed by atoms with van der Waals surface area (Å²) < 4.78 is 6.00. The first-order valence-electron chi connectivity index (χ1n) is 6.50. The lowest BCUT2D eigenvalue weighted by atomic mass is 10.2. The van der Waals surface area contributed by atoms with Crippen molar-refractivity contribution in [2.75, 3.05) is 0 Å². The molecule has 3 rings (SSSR count). The van der Waals surface area contributed by atoms with Gasteiger partial charge in [-0.1, -0.05) is 30.3 Å². The molecule has 0 unspecified atom stereocenters. The first-order valence-corrected chi connectivity index (χ1v) is 8.17. The van der Waals surface area contributed by atoms with Gasteiger partial charge in [-0.2, -0.15) is 0 Å². The molecule has 2 aromatic heterocycles. The Labute approximate surface area is 139 Å². The van der Waals surface area contributed by atoms with Gasteiger partial charge in [-0.25, -0.2) is 9.78 Å². The minimum atomic E-state index is -0.414. The maximum atomic E-state index is 11.9. The van der Waals surface area contributed by atoms with Crippen LogP contribution < -0.4 is 0 Å². The van der Waals surface area contributed by atoms with E-state index in [-0.39, 0.29) is 6.61 Å². The second-order valence-electron chi connectivity index (χ2n) is 4.48. The van der Waals surface area contributed by atoms with Crippen LogP contribution in [0.3, 0.4) is 0 Å². The molecule has 0 spiro atoms. The number of halogens is 1. The molecule has 0 saturated heterocycles. The van der Waals surface area contributed by atoms with Gasteiger partial charge in [0.25, 0.3) is 0 Å². The number of rotatable bonds is 4. The van der Waals surface area contributed by atoms with Crippen LogP contribution in [-0.4, -0.2) is 15.9 Å². The molecule has 6 heteroatoms. The number of hydrogen-bond acceptors (Lipinski definition) is 5. The van der Waals surface area contributed by atoms with E-state index in [0.717, 1.165) is 20.7 Å². The molecule has 0 bridgehead atoms. The van der Waals surface area contributed by atoms with Crippen LogP contribution in [0.2, 0.25) is 0 Å². The Hall–Kier alpha value is -2.05. The van der Waals surface area contributed by atoms with Crippen molar-refractivity contribution in [3.63, 3.8) is 0 Å². The topological polar surface area (TPSA) is 52.1 Å². The third-order valence-electron chi connectivity index (χ3n) is 2.86. The van der Waals surface area contributed by atoms with E-state index in [1.165, 1.54) is 17.5 Å². The molecule has 4 nitrogen and oxygen atoms in total. The van der Waals surface area contributed by atoms with Gasteiger partial charge in [-0.3, -0.25) is 4.98 Å². The predicted octanol–water partition coefficient (Wildman–Crippen LogP) is 4.32. The van der Waals surface area contributed by atoms with E-state index in [9.17, 15) is 4.79 Å². The lowest BCUT2D eigenvalue weighted by molar-refractivity contribution is 0.0468. The molecule has 110 valence electrons. The van der Waals surface area contributed by atoms with Crippen LogP contribution in [0.1, 0.15) is 16.1 Å². The third-order valence-corrected chi connectivity index (χ3v) is 4.24. The second-order valence-corrected chi connectivity index (χ2v) is 6.25. The number of ether oxygens (including phenoxy) is 1. The Balaban J connectivity index is 1.65. The minimum absolute atomic E-state index is 0.148. The van der Waals surface area contributed by atoms with E-state index in [1.807, 2.05) is 35.7 Å². The highest BCUT2D eigenvalue weighted by Gasteiger charge is 2.10. The summed E-state index contributed by atoms with van der Waals surface area (Å²) >= 11 is 4.81. The molecule has 0 aliphatic carbocycles. The van der Waals surface area contributed by atoms with Crippen LogP contribution >= 0.6 is 27.3 Å². The zero-order valence-electron chi connectivity index (χ0n) is 11.4. The highest BCUT2D eigenvalue weighted by Crippen LogP contribution is 2.23. The summed E-state index contributed by atoms with van der Waals surface area (Å²) in [6, 6.07) is 11.6. The van der Waals surface area contributed by atoms with E-state index in [0.29, 0.717) is 5.56 Å². The van der Waals surface area contributed by atoms with Gasteiger partial charge in [0.15, 0.2) is 0 Å². The third kappa shape index (κ3) is 3.58. The molecule has 2 heterocycles. The molecule has 0 atom stereocenters. The Morgan fingerprint density at radius 3 is 2.82 bits per heavy atom. The molecule has 0 aliphatic heterocycles. The number of nitrogens with zero attached hydrogens (tertiary/aromatic N) is 2. The predicted molar refractivity (Wildman–Crippen MR) is 88.6 cm³/mol. The lowest BCUT2D eigenvalue weighted by Crippen LogP contribution is -2.05. The molecule has 0 aliphatic rings. The van der Waals surface area contributed by atoms with Gasteiger partial charge >= 0.3 is 5.97 Å². The number of aromatic nitrogens is 2. The Kier molecular flexibility index (Phi) is 4.60. The summed E-state index contributed by atoms with van der Waals surface area (Å²) in [6.07, 6.45) is 3.09. The van der Waals surface area contributed by atoms with Gasteiger partial charge < -0.3 is 4.74 Å². The summed E-state index contributed by atoms with van der Waals surface area (Å²) in [5, 5.41) is 2.81. The second kappa shape index (κ2) is 6.81. The quantitative estimate of drug-likeness (QED) is 0.637. The summed E-state index contributed by atoms with van der Waals surface area (Å²) in [7, 11) is 0. The van der Waals surface area contributed by atoms with Gasteiger partial charge in [0.2, 0.25) is 0 Å². The molecule has 0 amide bonds. The first kappa shape index (κ1) is 14.9. The highest BCUT2D eigenvalue weighted by molar-refractivity contribution is 9.10. The van der Waals surface area contributed by atoms with Crippen molar-refractivity contribution in [3.05, 3.63) is 69.9 Å². The first-order chi connectivity index (χ1) is 10.7. The summed E-state index contributed by atoms with van der Waals surface area (Å²) in [5.41, 5.74) is 2.20. The average molecular weight is 375 g/mol. The van der Waals surface area contributed by atoms with E-state index >= 15 is 0 Å².